The number of carbonyl (C=O) groups excluding carboxylic acids is 1. The zero-order valence-electron chi connectivity index (χ0n) is 12.6. The average molecular weight is 304 g/mol. The van der Waals surface area contributed by atoms with Crippen molar-refractivity contribution >= 4 is 15.7 Å². The summed E-state index contributed by atoms with van der Waals surface area (Å²) >= 11 is 0. The minimum absolute atomic E-state index is 0.0250. The highest BCUT2D eigenvalue weighted by atomic mass is 32.2. The van der Waals surface area contributed by atoms with Gasteiger partial charge in [-0.05, 0) is 43.6 Å². The Morgan fingerprint density at radius 2 is 2.05 bits per heavy atom. The van der Waals surface area contributed by atoms with Crippen LogP contribution in [0.25, 0.3) is 0 Å². The fourth-order valence-electron chi connectivity index (χ4n) is 2.72. The molecule has 0 aromatic rings. The maximum Gasteiger partial charge on any atom is 0.220 e. The molecule has 1 fully saturated rings. The third-order valence-electron chi connectivity index (χ3n) is 4.14. The van der Waals surface area contributed by atoms with E-state index in [-0.39, 0.29) is 23.3 Å². The molecule has 0 radical (unpaired) electrons. The maximum absolute atomic E-state index is 11.8. The Kier molecular flexibility index (Phi) is 6.95. The first kappa shape index (κ1) is 17.4. The summed E-state index contributed by atoms with van der Waals surface area (Å²) in [5.74, 6) is 1.61. The van der Waals surface area contributed by atoms with Crippen molar-refractivity contribution < 1.29 is 13.2 Å². The number of nitrogens with two attached hydrogens (primary N) is 1. The standard InChI is InChI=1S/C14H28N2O3S/c1-11(2)13(5-7-15)3-4-14(17)16-9-12-6-8-20(18,19)10-12/h11-13H,3-10,15H2,1-2H3,(H,16,17). The summed E-state index contributed by atoms with van der Waals surface area (Å²) in [4.78, 5) is 11.8. The second-order valence-electron chi connectivity index (χ2n) is 6.19. The number of nitrogens with one attached hydrogen (secondary N) is 1. The van der Waals surface area contributed by atoms with Gasteiger partial charge in [-0.2, -0.15) is 0 Å². The minimum Gasteiger partial charge on any atom is -0.356 e. The first-order valence-corrected chi connectivity index (χ1v) is 9.33. The highest BCUT2D eigenvalue weighted by molar-refractivity contribution is 7.91. The molecule has 0 bridgehead atoms. The highest BCUT2D eigenvalue weighted by Crippen LogP contribution is 2.20. The fraction of sp³-hybridized carbons (Fsp3) is 0.929. The molecule has 2 atom stereocenters. The zero-order valence-corrected chi connectivity index (χ0v) is 13.4. The fourth-order valence-corrected chi connectivity index (χ4v) is 4.58. The number of rotatable bonds is 8. The Bertz CT molecular complexity index is 407. The molecule has 5 nitrogen and oxygen atoms in total. The van der Waals surface area contributed by atoms with E-state index in [1.807, 2.05) is 0 Å². The van der Waals surface area contributed by atoms with Crippen molar-refractivity contribution in [2.75, 3.05) is 24.6 Å². The summed E-state index contributed by atoms with van der Waals surface area (Å²) in [6.45, 7) is 5.45. The van der Waals surface area contributed by atoms with Gasteiger partial charge in [0, 0.05) is 13.0 Å². The van der Waals surface area contributed by atoms with Crippen molar-refractivity contribution in [2.45, 2.75) is 39.5 Å². The number of amides is 1. The summed E-state index contributed by atoms with van der Waals surface area (Å²) in [7, 11) is -2.85. The molecule has 6 heteroatoms. The van der Waals surface area contributed by atoms with Gasteiger partial charge in [-0.1, -0.05) is 13.8 Å². The quantitative estimate of drug-likeness (QED) is 0.698. The Morgan fingerprint density at radius 3 is 2.55 bits per heavy atom. The van der Waals surface area contributed by atoms with E-state index < -0.39 is 9.84 Å². The van der Waals surface area contributed by atoms with E-state index in [4.69, 9.17) is 5.73 Å². The summed E-state index contributed by atoms with van der Waals surface area (Å²) < 4.78 is 22.6. The van der Waals surface area contributed by atoms with Gasteiger partial charge in [0.1, 0.15) is 0 Å². The predicted molar refractivity (Wildman–Crippen MR) is 81.0 cm³/mol. The van der Waals surface area contributed by atoms with Gasteiger partial charge in [0.25, 0.3) is 0 Å². The maximum atomic E-state index is 11.8. The number of sulfone groups is 1. The van der Waals surface area contributed by atoms with Gasteiger partial charge in [0.15, 0.2) is 9.84 Å². The third kappa shape index (κ3) is 6.22. The molecule has 1 amide bonds. The van der Waals surface area contributed by atoms with Crippen LogP contribution in [0.3, 0.4) is 0 Å². The van der Waals surface area contributed by atoms with Crippen molar-refractivity contribution in [2.24, 2.45) is 23.5 Å². The first-order valence-electron chi connectivity index (χ1n) is 7.51. The highest BCUT2D eigenvalue weighted by Gasteiger charge is 2.27. The topological polar surface area (TPSA) is 89.3 Å². The summed E-state index contributed by atoms with van der Waals surface area (Å²) in [6, 6.07) is 0. The lowest BCUT2D eigenvalue weighted by molar-refractivity contribution is -0.121. The van der Waals surface area contributed by atoms with Crippen LogP contribution in [0.15, 0.2) is 0 Å². The molecule has 2 unspecified atom stereocenters. The van der Waals surface area contributed by atoms with Gasteiger partial charge in [-0.15, -0.1) is 0 Å². The van der Waals surface area contributed by atoms with Crippen LogP contribution < -0.4 is 11.1 Å². The molecular weight excluding hydrogens is 276 g/mol. The Labute approximate surface area is 122 Å². The van der Waals surface area contributed by atoms with Gasteiger partial charge in [0.2, 0.25) is 5.91 Å². The second-order valence-corrected chi connectivity index (χ2v) is 8.42. The predicted octanol–water partition coefficient (Wildman–Crippen LogP) is 0.939. The number of carbonyl (C=O) groups is 1. The molecule has 1 saturated heterocycles. The molecule has 0 spiro atoms. The van der Waals surface area contributed by atoms with Gasteiger partial charge >= 0.3 is 0 Å². The lowest BCUT2D eigenvalue weighted by Crippen LogP contribution is -2.30. The first-order chi connectivity index (χ1) is 9.34. The molecular formula is C14H28N2O3S. The van der Waals surface area contributed by atoms with Crippen LogP contribution in [-0.4, -0.2) is 38.9 Å². The summed E-state index contributed by atoms with van der Waals surface area (Å²) in [5.41, 5.74) is 5.58. The molecule has 0 aromatic carbocycles. The van der Waals surface area contributed by atoms with Crippen LogP contribution in [0.4, 0.5) is 0 Å². The van der Waals surface area contributed by atoms with E-state index in [2.05, 4.69) is 19.2 Å². The largest absolute Gasteiger partial charge is 0.356 e. The molecule has 1 rings (SSSR count). The van der Waals surface area contributed by atoms with Crippen molar-refractivity contribution in [1.29, 1.82) is 0 Å². The van der Waals surface area contributed by atoms with Gasteiger partial charge in [-0.3, -0.25) is 4.79 Å². The van der Waals surface area contributed by atoms with Gasteiger partial charge in [-0.25, -0.2) is 8.42 Å². The van der Waals surface area contributed by atoms with E-state index in [1.165, 1.54) is 0 Å². The smallest absolute Gasteiger partial charge is 0.220 e. The van der Waals surface area contributed by atoms with Crippen LogP contribution in [0, 0.1) is 17.8 Å². The van der Waals surface area contributed by atoms with Crippen LogP contribution in [0.2, 0.25) is 0 Å². The lowest BCUT2D eigenvalue weighted by atomic mass is 9.88. The third-order valence-corrected chi connectivity index (χ3v) is 5.97. The molecule has 118 valence electrons. The van der Waals surface area contributed by atoms with Crippen LogP contribution in [0.5, 0.6) is 0 Å². The van der Waals surface area contributed by atoms with E-state index >= 15 is 0 Å². The lowest BCUT2D eigenvalue weighted by Gasteiger charge is -2.19. The van der Waals surface area contributed by atoms with Crippen molar-refractivity contribution in [1.82, 2.24) is 5.32 Å². The molecule has 3 N–H and O–H groups in total. The van der Waals surface area contributed by atoms with Gasteiger partial charge < -0.3 is 11.1 Å². The van der Waals surface area contributed by atoms with E-state index in [9.17, 15) is 13.2 Å². The molecule has 0 saturated carbocycles. The van der Waals surface area contributed by atoms with E-state index in [0.29, 0.717) is 37.8 Å². The molecule has 1 aliphatic heterocycles. The normalized spacial score (nSPS) is 22.9. The summed E-state index contributed by atoms with van der Waals surface area (Å²) in [5, 5.41) is 2.86. The molecule has 1 heterocycles. The van der Waals surface area contributed by atoms with Crippen molar-refractivity contribution in [3.8, 4) is 0 Å². The Balaban J connectivity index is 2.23. The molecule has 1 aliphatic rings. The second kappa shape index (κ2) is 7.98. The van der Waals surface area contributed by atoms with Crippen molar-refractivity contribution in [3.63, 3.8) is 0 Å². The SMILES string of the molecule is CC(C)C(CCN)CCC(=O)NCC1CCS(=O)(=O)C1. The van der Waals surface area contributed by atoms with E-state index in [1.54, 1.807) is 0 Å². The number of hydrogen-bond donors (Lipinski definition) is 2. The Hall–Kier alpha value is -0.620. The van der Waals surface area contributed by atoms with E-state index in [0.717, 1.165) is 12.8 Å². The van der Waals surface area contributed by atoms with Crippen LogP contribution in [0.1, 0.15) is 39.5 Å². The van der Waals surface area contributed by atoms with Crippen molar-refractivity contribution in [3.05, 3.63) is 0 Å². The summed E-state index contributed by atoms with van der Waals surface area (Å²) in [6.07, 6.45) is 2.97. The molecule has 0 aromatic heterocycles. The molecule has 20 heavy (non-hydrogen) atoms. The average Bonchev–Trinajstić information content (AvgIpc) is 2.71. The number of hydrogen-bond acceptors (Lipinski definition) is 4. The molecule has 0 aliphatic carbocycles. The zero-order chi connectivity index (χ0) is 15.2. The van der Waals surface area contributed by atoms with Crippen LogP contribution >= 0.6 is 0 Å². The minimum atomic E-state index is -2.85. The Morgan fingerprint density at radius 1 is 1.35 bits per heavy atom. The van der Waals surface area contributed by atoms with Crippen LogP contribution in [-0.2, 0) is 14.6 Å². The van der Waals surface area contributed by atoms with Gasteiger partial charge in [0.05, 0.1) is 11.5 Å². The monoisotopic (exact) mass is 304 g/mol.